The van der Waals surface area contributed by atoms with Gasteiger partial charge in [0.05, 0.1) is 48.4 Å². The Labute approximate surface area is 233 Å². The SMILES string of the molecule is CS(=O)(=O)Nc1ccc2nc(Oc3c(Cl)cc(NS(=O)(=O)c4ccc(C(F)(F)F)cc4)c(Cl)c3Cl)sc2c1. The van der Waals surface area contributed by atoms with Crippen molar-refractivity contribution in [3.8, 4) is 10.9 Å². The largest absolute Gasteiger partial charge is 0.428 e. The highest BCUT2D eigenvalue weighted by atomic mass is 35.5. The van der Waals surface area contributed by atoms with Gasteiger partial charge in [0, 0.05) is 0 Å². The van der Waals surface area contributed by atoms with E-state index in [4.69, 9.17) is 39.5 Å². The highest BCUT2D eigenvalue weighted by Gasteiger charge is 2.31. The number of thiazole rings is 1. The molecule has 0 fully saturated rings. The molecule has 17 heteroatoms. The molecule has 1 aromatic heterocycles. The van der Waals surface area contributed by atoms with Crippen LogP contribution in [0.2, 0.25) is 15.1 Å². The third-order valence-corrected chi connectivity index (χ3v) is 8.73. The highest BCUT2D eigenvalue weighted by molar-refractivity contribution is 7.92. The summed E-state index contributed by atoms with van der Waals surface area (Å²) in [7, 11) is -7.84. The number of hydrogen-bond acceptors (Lipinski definition) is 7. The number of benzene rings is 3. The van der Waals surface area contributed by atoms with E-state index in [-0.39, 0.29) is 31.7 Å². The molecule has 38 heavy (non-hydrogen) atoms. The van der Waals surface area contributed by atoms with Crippen LogP contribution in [0.3, 0.4) is 0 Å². The van der Waals surface area contributed by atoms with E-state index in [1.54, 1.807) is 12.1 Å². The third-order valence-electron chi connectivity index (χ3n) is 4.71. The van der Waals surface area contributed by atoms with Crippen LogP contribution in [0.5, 0.6) is 10.9 Å². The molecule has 0 spiro atoms. The molecule has 3 aromatic carbocycles. The van der Waals surface area contributed by atoms with Gasteiger partial charge in [0.25, 0.3) is 15.2 Å². The Kier molecular flexibility index (Phi) is 7.69. The first-order valence-electron chi connectivity index (χ1n) is 9.97. The number of alkyl halides is 3. The maximum atomic E-state index is 12.8. The van der Waals surface area contributed by atoms with E-state index in [1.807, 2.05) is 0 Å². The number of fused-ring (bicyclic) bond motifs is 1. The van der Waals surface area contributed by atoms with Gasteiger partial charge >= 0.3 is 6.18 Å². The molecule has 0 atom stereocenters. The standard InChI is InChI=1S/C21H13Cl3F3N3O5S3/c1-37(31,32)29-11-4-7-14-16(8-11)36-20(28-14)35-19-13(22)9-15(17(23)18(19)24)30-38(33,34)12-5-2-10(3-6-12)21(25,26)27/h2-9,29-30H,1H3. The van der Waals surface area contributed by atoms with Crippen LogP contribution in [0.25, 0.3) is 10.2 Å². The minimum atomic E-state index is -4.63. The fourth-order valence-electron chi connectivity index (χ4n) is 3.08. The van der Waals surface area contributed by atoms with E-state index >= 15 is 0 Å². The summed E-state index contributed by atoms with van der Waals surface area (Å²) in [5.41, 5.74) is -0.447. The molecular formula is C21H13Cl3F3N3O5S3. The zero-order valence-electron chi connectivity index (χ0n) is 18.6. The molecule has 0 saturated heterocycles. The molecule has 4 aromatic rings. The van der Waals surface area contributed by atoms with Crippen LogP contribution < -0.4 is 14.2 Å². The fourth-order valence-corrected chi connectivity index (χ4v) is 6.34. The molecule has 0 bridgehead atoms. The number of ether oxygens (including phenoxy) is 1. The van der Waals surface area contributed by atoms with Gasteiger partial charge in [-0.2, -0.15) is 13.2 Å². The van der Waals surface area contributed by atoms with Crippen molar-refractivity contribution in [3.63, 3.8) is 0 Å². The Bertz CT molecular complexity index is 1760. The van der Waals surface area contributed by atoms with Crippen LogP contribution in [0.1, 0.15) is 5.56 Å². The monoisotopic (exact) mass is 645 g/mol. The van der Waals surface area contributed by atoms with Gasteiger partial charge in [-0.15, -0.1) is 0 Å². The summed E-state index contributed by atoms with van der Waals surface area (Å²) in [6.07, 6.45) is -3.62. The molecular weight excluding hydrogens is 634 g/mol. The summed E-state index contributed by atoms with van der Waals surface area (Å²) < 4.78 is 97.5. The van der Waals surface area contributed by atoms with Crippen LogP contribution in [0.4, 0.5) is 24.5 Å². The van der Waals surface area contributed by atoms with Crippen molar-refractivity contribution < 1.29 is 34.7 Å². The molecule has 0 aliphatic rings. The van der Waals surface area contributed by atoms with Crippen LogP contribution >= 0.6 is 46.1 Å². The van der Waals surface area contributed by atoms with Crippen molar-refractivity contribution in [1.82, 2.24) is 4.98 Å². The van der Waals surface area contributed by atoms with Gasteiger partial charge in [0.2, 0.25) is 10.0 Å². The highest BCUT2D eigenvalue weighted by Crippen LogP contribution is 2.46. The number of anilines is 2. The van der Waals surface area contributed by atoms with E-state index in [0.29, 0.717) is 28.0 Å². The van der Waals surface area contributed by atoms with Gasteiger partial charge in [-0.1, -0.05) is 46.1 Å². The quantitative estimate of drug-likeness (QED) is 0.205. The average molecular weight is 647 g/mol. The first kappa shape index (κ1) is 28.5. The van der Waals surface area contributed by atoms with E-state index in [2.05, 4.69) is 14.4 Å². The van der Waals surface area contributed by atoms with Crippen molar-refractivity contribution in [1.29, 1.82) is 0 Å². The third kappa shape index (κ3) is 6.38. The summed E-state index contributed by atoms with van der Waals surface area (Å²) >= 11 is 19.9. The van der Waals surface area contributed by atoms with E-state index in [9.17, 15) is 30.0 Å². The molecule has 0 radical (unpaired) electrons. The minimum Gasteiger partial charge on any atom is -0.428 e. The molecule has 202 valence electrons. The number of nitrogens with one attached hydrogen (secondary N) is 2. The van der Waals surface area contributed by atoms with Crippen LogP contribution in [-0.4, -0.2) is 28.1 Å². The van der Waals surface area contributed by atoms with Gasteiger partial charge in [-0.05, 0) is 48.5 Å². The topological polar surface area (TPSA) is 114 Å². The number of aromatic nitrogens is 1. The van der Waals surface area contributed by atoms with E-state index in [1.165, 1.54) is 6.07 Å². The second-order valence-electron chi connectivity index (χ2n) is 7.63. The number of hydrogen-bond donors (Lipinski definition) is 2. The molecule has 2 N–H and O–H groups in total. The fraction of sp³-hybridized carbons (Fsp3) is 0.0952. The molecule has 0 saturated carbocycles. The van der Waals surface area contributed by atoms with Gasteiger partial charge in [0.15, 0.2) is 5.75 Å². The van der Waals surface area contributed by atoms with Crippen molar-refractivity contribution in [2.45, 2.75) is 11.1 Å². The summed E-state index contributed by atoms with van der Waals surface area (Å²) in [6.45, 7) is 0. The molecule has 4 rings (SSSR count). The molecule has 0 aliphatic carbocycles. The lowest BCUT2D eigenvalue weighted by Gasteiger charge is -2.15. The Balaban J connectivity index is 1.60. The Morgan fingerprint density at radius 2 is 1.58 bits per heavy atom. The number of sulfonamides is 2. The molecule has 1 heterocycles. The lowest BCUT2D eigenvalue weighted by Crippen LogP contribution is -2.14. The van der Waals surface area contributed by atoms with Gasteiger partial charge in [0.1, 0.15) is 5.02 Å². The lowest BCUT2D eigenvalue weighted by molar-refractivity contribution is -0.137. The zero-order valence-corrected chi connectivity index (χ0v) is 23.3. The summed E-state index contributed by atoms with van der Waals surface area (Å²) in [4.78, 5) is 3.82. The average Bonchev–Trinajstić information content (AvgIpc) is 3.20. The smallest absolute Gasteiger partial charge is 0.416 e. The Hall–Kier alpha value is -2.49. The molecule has 0 unspecified atom stereocenters. The van der Waals surface area contributed by atoms with Crippen LogP contribution in [0.15, 0.2) is 53.4 Å². The number of nitrogens with zero attached hydrogens (tertiary/aromatic N) is 1. The minimum absolute atomic E-state index is 0.0782. The van der Waals surface area contributed by atoms with Gasteiger partial charge in [-0.3, -0.25) is 9.44 Å². The second-order valence-corrected chi connectivity index (χ2v) is 13.2. The summed E-state index contributed by atoms with van der Waals surface area (Å²) in [5, 5.41) is -0.622. The molecule has 8 nitrogen and oxygen atoms in total. The van der Waals surface area contributed by atoms with Gasteiger partial charge in [-0.25, -0.2) is 21.8 Å². The summed E-state index contributed by atoms with van der Waals surface area (Å²) in [6, 6.07) is 8.61. The van der Waals surface area contributed by atoms with Gasteiger partial charge < -0.3 is 4.74 Å². The maximum absolute atomic E-state index is 12.8. The maximum Gasteiger partial charge on any atom is 0.416 e. The first-order chi connectivity index (χ1) is 17.5. The van der Waals surface area contributed by atoms with Crippen molar-refractivity contribution >= 4 is 87.8 Å². The molecule has 0 amide bonds. The van der Waals surface area contributed by atoms with Crippen LogP contribution in [-0.2, 0) is 26.2 Å². The summed E-state index contributed by atoms with van der Waals surface area (Å²) in [5.74, 6) is -0.135. The lowest BCUT2D eigenvalue weighted by atomic mass is 10.2. The normalized spacial score (nSPS) is 12.5. The first-order valence-corrected chi connectivity index (χ1v) is 15.3. The Morgan fingerprint density at radius 3 is 2.18 bits per heavy atom. The predicted molar refractivity (Wildman–Crippen MR) is 142 cm³/mol. The zero-order chi connectivity index (χ0) is 28.0. The molecule has 0 aliphatic heterocycles. The Morgan fingerprint density at radius 1 is 0.921 bits per heavy atom. The van der Waals surface area contributed by atoms with Crippen molar-refractivity contribution in [2.75, 3.05) is 15.7 Å². The number of halogens is 6. The van der Waals surface area contributed by atoms with Crippen molar-refractivity contribution in [2.24, 2.45) is 0 Å². The second kappa shape index (κ2) is 10.2. The number of rotatable bonds is 7. The van der Waals surface area contributed by atoms with Crippen molar-refractivity contribution in [3.05, 3.63) is 69.2 Å². The van der Waals surface area contributed by atoms with Crippen LogP contribution in [0, 0.1) is 0 Å². The van der Waals surface area contributed by atoms with E-state index in [0.717, 1.165) is 35.8 Å². The van der Waals surface area contributed by atoms with E-state index < -0.39 is 36.7 Å². The predicted octanol–water partition coefficient (Wildman–Crippen LogP) is 7.24.